The van der Waals surface area contributed by atoms with E-state index in [1.807, 2.05) is 6.07 Å². The molecule has 1 atom stereocenters. The summed E-state index contributed by atoms with van der Waals surface area (Å²) in [6.07, 6.45) is 2.04. The first-order valence-electron chi connectivity index (χ1n) is 8.38. The van der Waals surface area contributed by atoms with Gasteiger partial charge in [0, 0.05) is 11.5 Å². The maximum Gasteiger partial charge on any atom is 0.263 e. The maximum absolute atomic E-state index is 13.8. The fourth-order valence-electron chi connectivity index (χ4n) is 2.83. The van der Waals surface area contributed by atoms with E-state index in [-0.39, 0.29) is 35.8 Å². The van der Waals surface area contributed by atoms with E-state index in [1.54, 1.807) is 6.07 Å². The van der Waals surface area contributed by atoms with Crippen LogP contribution in [0.3, 0.4) is 0 Å². The molecule has 4 rings (SSSR count). The van der Waals surface area contributed by atoms with E-state index in [9.17, 15) is 13.6 Å². The highest BCUT2D eigenvalue weighted by Gasteiger charge is 2.21. The van der Waals surface area contributed by atoms with Crippen molar-refractivity contribution in [2.24, 2.45) is 0 Å². The average Bonchev–Trinajstić information content (AvgIpc) is 3.39. The van der Waals surface area contributed by atoms with E-state index < -0.39 is 11.6 Å². The molecule has 0 bridgehead atoms. The van der Waals surface area contributed by atoms with Crippen molar-refractivity contribution in [3.63, 3.8) is 0 Å². The second-order valence-electron chi connectivity index (χ2n) is 6.00. The summed E-state index contributed by atoms with van der Waals surface area (Å²) in [7, 11) is 0. The number of halogens is 2. The lowest BCUT2D eigenvalue weighted by molar-refractivity contribution is 0.0953. The van der Waals surface area contributed by atoms with Gasteiger partial charge in [0.05, 0.1) is 17.5 Å². The van der Waals surface area contributed by atoms with Gasteiger partial charge in [-0.1, -0.05) is 11.2 Å². The summed E-state index contributed by atoms with van der Waals surface area (Å²) < 4.78 is 38.1. The summed E-state index contributed by atoms with van der Waals surface area (Å²) in [5, 5.41) is 6.33. The maximum atomic E-state index is 13.8. The fraction of sp³-hybridized carbons (Fsp3) is 0.278. The number of nitrogens with one attached hydrogen (secondary N) is 1. The Kier molecular flexibility index (Phi) is 4.95. The van der Waals surface area contributed by atoms with Gasteiger partial charge in [0.1, 0.15) is 17.2 Å². The van der Waals surface area contributed by atoms with Crippen LogP contribution in [0.1, 0.15) is 39.3 Å². The van der Waals surface area contributed by atoms with Gasteiger partial charge in [-0.25, -0.2) is 8.78 Å². The van der Waals surface area contributed by atoms with E-state index >= 15 is 0 Å². The molecule has 1 saturated heterocycles. The lowest BCUT2D eigenvalue weighted by atomic mass is 10.2. The first-order chi connectivity index (χ1) is 13.1. The van der Waals surface area contributed by atoms with Crippen LogP contribution in [0, 0.1) is 11.6 Å². The zero-order chi connectivity index (χ0) is 18.8. The standard InChI is InChI=1S/C18H15F2N3O3S/c19-10-3-1-4-11(20)16(10)18-22-15(23-26-18)9-21-17(24)14-7-6-13(27-14)12-5-2-8-25-12/h1,3-4,6-7,12H,2,5,8-9H2,(H,21,24)/t12-/m0/s1. The highest BCUT2D eigenvalue weighted by atomic mass is 32.1. The first kappa shape index (κ1) is 17.7. The summed E-state index contributed by atoms with van der Waals surface area (Å²) in [4.78, 5) is 17.8. The van der Waals surface area contributed by atoms with Crippen molar-refractivity contribution in [2.75, 3.05) is 6.61 Å². The predicted molar refractivity (Wildman–Crippen MR) is 93.1 cm³/mol. The Morgan fingerprint density at radius 2 is 2.07 bits per heavy atom. The van der Waals surface area contributed by atoms with Crippen LogP contribution in [-0.2, 0) is 11.3 Å². The fourth-order valence-corrected chi connectivity index (χ4v) is 3.83. The molecule has 27 heavy (non-hydrogen) atoms. The van der Waals surface area contributed by atoms with Gasteiger partial charge in [0.25, 0.3) is 11.8 Å². The van der Waals surface area contributed by atoms with Gasteiger partial charge in [-0.15, -0.1) is 11.3 Å². The van der Waals surface area contributed by atoms with Crippen LogP contribution in [0.15, 0.2) is 34.9 Å². The Labute approximate surface area is 157 Å². The molecule has 0 radical (unpaired) electrons. The lowest BCUT2D eigenvalue weighted by Crippen LogP contribution is -2.22. The zero-order valence-electron chi connectivity index (χ0n) is 14.1. The molecular weight excluding hydrogens is 376 g/mol. The monoisotopic (exact) mass is 391 g/mol. The van der Waals surface area contributed by atoms with Crippen LogP contribution in [0.5, 0.6) is 0 Å². The molecule has 1 N–H and O–H groups in total. The van der Waals surface area contributed by atoms with Gasteiger partial charge in [0.15, 0.2) is 5.82 Å². The highest BCUT2D eigenvalue weighted by molar-refractivity contribution is 7.14. The molecule has 0 saturated carbocycles. The molecule has 0 spiro atoms. The average molecular weight is 391 g/mol. The highest BCUT2D eigenvalue weighted by Crippen LogP contribution is 2.33. The second-order valence-corrected chi connectivity index (χ2v) is 7.11. The van der Waals surface area contributed by atoms with Gasteiger partial charge in [-0.05, 0) is 37.1 Å². The molecule has 1 aromatic carbocycles. The van der Waals surface area contributed by atoms with Crippen molar-refractivity contribution in [3.05, 3.63) is 57.5 Å². The summed E-state index contributed by atoms with van der Waals surface area (Å²) in [6, 6.07) is 7.09. The van der Waals surface area contributed by atoms with Crippen LogP contribution < -0.4 is 5.32 Å². The molecule has 2 aromatic heterocycles. The number of aromatic nitrogens is 2. The summed E-state index contributed by atoms with van der Waals surface area (Å²) in [5.74, 6) is -2.03. The number of benzene rings is 1. The number of thiophene rings is 1. The Hall–Kier alpha value is -2.65. The van der Waals surface area contributed by atoms with Crippen molar-refractivity contribution in [1.29, 1.82) is 0 Å². The van der Waals surface area contributed by atoms with E-state index in [4.69, 9.17) is 9.26 Å². The third-order valence-corrected chi connectivity index (χ3v) is 5.33. The summed E-state index contributed by atoms with van der Waals surface area (Å²) in [5.41, 5.74) is -0.387. The first-order valence-corrected chi connectivity index (χ1v) is 9.20. The van der Waals surface area contributed by atoms with E-state index in [0.29, 0.717) is 4.88 Å². The minimum Gasteiger partial charge on any atom is -0.373 e. The molecule has 1 fully saturated rings. The molecule has 9 heteroatoms. The van der Waals surface area contributed by atoms with Gasteiger partial charge < -0.3 is 14.6 Å². The quantitative estimate of drug-likeness (QED) is 0.715. The number of rotatable bonds is 5. The van der Waals surface area contributed by atoms with Crippen LogP contribution in [0.2, 0.25) is 0 Å². The van der Waals surface area contributed by atoms with E-state index in [1.165, 1.54) is 17.4 Å². The SMILES string of the molecule is O=C(NCc1noc(-c2c(F)cccc2F)n1)c1ccc([C@@H]2CCCO2)s1. The molecule has 1 aliphatic rings. The molecule has 0 unspecified atom stereocenters. The number of carbonyl (C=O) groups excluding carboxylic acids is 1. The lowest BCUT2D eigenvalue weighted by Gasteiger charge is -2.05. The molecular formula is C18H15F2N3O3S. The van der Waals surface area contributed by atoms with Crippen molar-refractivity contribution in [3.8, 4) is 11.5 Å². The number of hydrogen-bond donors (Lipinski definition) is 1. The van der Waals surface area contributed by atoms with Gasteiger partial charge in [0.2, 0.25) is 0 Å². The molecule has 0 aliphatic carbocycles. The Balaban J connectivity index is 1.41. The van der Waals surface area contributed by atoms with Crippen LogP contribution in [-0.4, -0.2) is 22.7 Å². The third-order valence-electron chi connectivity index (χ3n) is 4.15. The Morgan fingerprint density at radius 1 is 1.26 bits per heavy atom. The predicted octanol–water partition coefficient (Wildman–Crippen LogP) is 3.86. The van der Waals surface area contributed by atoms with Crippen molar-refractivity contribution < 1.29 is 22.8 Å². The minimum atomic E-state index is -0.797. The van der Waals surface area contributed by atoms with Crippen LogP contribution in [0.25, 0.3) is 11.5 Å². The number of carbonyl (C=O) groups is 1. The van der Waals surface area contributed by atoms with Crippen LogP contribution >= 0.6 is 11.3 Å². The number of nitrogens with zero attached hydrogens (tertiary/aromatic N) is 2. The zero-order valence-corrected chi connectivity index (χ0v) is 14.9. The number of hydrogen-bond acceptors (Lipinski definition) is 6. The van der Waals surface area contributed by atoms with Gasteiger partial charge in [-0.3, -0.25) is 4.79 Å². The molecule has 3 aromatic rings. The van der Waals surface area contributed by atoms with Gasteiger partial charge >= 0.3 is 0 Å². The normalized spacial score (nSPS) is 16.6. The molecule has 140 valence electrons. The topological polar surface area (TPSA) is 77.3 Å². The van der Waals surface area contributed by atoms with E-state index in [0.717, 1.165) is 36.5 Å². The minimum absolute atomic E-state index is 0.0223. The third kappa shape index (κ3) is 3.74. The molecule has 1 amide bonds. The van der Waals surface area contributed by atoms with Crippen LogP contribution in [0.4, 0.5) is 8.78 Å². The van der Waals surface area contributed by atoms with E-state index in [2.05, 4.69) is 15.5 Å². The van der Waals surface area contributed by atoms with Gasteiger partial charge in [-0.2, -0.15) is 4.98 Å². The smallest absolute Gasteiger partial charge is 0.263 e. The summed E-state index contributed by atoms with van der Waals surface area (Å²) >= 11 is 1.38. The van der Waals surface area contributed by atoms with Crippen molar-refractivity contribution in [1.82, 2.24) is 15.5 Å². The van der Waals surface area contributed by atoms with Crippen molar-refractivity contribution >= 4 is 17.2 Å². The second kappa shape index (κ2) is 7.53. The molecule has 1 aliphatic heterocycles. The Bertz CT molecular complexity index is 946. The molecule has 3 heterocycles. The Morgan fingerprint density at radius 3 is 2.81 bits per heavy atom. The number of ether oxygens (including phenoxy) is 1. The largest absolute Gasteiger partial charge is 0.373 e. The molecule has 6 nitrogen and oxygen atoms in total. The van der Waals surface area contributed by atoms with Crippen molar-refractivity contribution in [2.45, 2.75) is 25.5 Å². The summed E-state index contributed by atoms with van der Waals surface area (Å²) in [6.45, 7) is 0.721. The number of amides is 1.